The van der Waals surface area contributed by atoms with Gasteiger partial charge in [0.2, 0.25) is 17.7 Å². The highest BCUT2D eigenvalue weighted by atomic mass is 35.5. The highest BCUT2D eigenvalue weighted by Gasteiger charge is 2.40. The Balaban J connectivity index is 1.35. The Kier molecular flexibility index (Phi) is 6.63. The van der Waals surface area contributed by atoms with Crippen LogP contribution in [0.5, 0.6) is 0 Å². The third kappa shape index (κ3) is 5.21. The molecule has 1 atom stereocenters. The molecule has 1 aliphatic heterocycles. The lowest BCUT2D eigenvalue weighted by Crippen LogP contribution is -2.31. The zero-order chi connectivity index (χ0) is 22.7. The molecule has 5 nitrogen and oxygen atoms in total. The molecule has 1 fully saturated rings. The number of carbonyl (C=O) groups excluding carboxylic acids is 3. The summed E-state index contributed by atoms with van der Waals surface area (Å²) in [5, 5.41) is 3.03. The largest absolute Gasteiger partial charge is 0.326 e. The molecule has 0 saturated carbocycles. The Morgan fingerprint density at radius 1 is 1.00 bits per heavy atom. The highest BCUT2D eigenvalue weighted by Crippen LogP contribution is 2.34. The Morgan fingerprint density at radius 3 is 2.31 bits per heavy atom. The van der Waals surface area contributed by atoms with E-state index in [0.717, 1.165) is 16.0 Å². The molecule has 4 rings (SSSR count). The van der Waals surface area contributed by atoms with E-state index in [9.17, 15) is 14.4 Å². The predicted octanol–water partition coefficient (Wildman–Crippen LogP) is 5.25. The molecule has 0 bridgehead atoms. The summed E-state index contributed by atoms with van der Waals surface area (Å²) in [6.07, 6.45) is 0.415. The van der Waals surface area contributed by atoms with Crippen molar-refractivity contribution in [2.75, 3.05) is 10.2 Å². The Bertz CT molecular complexity index is 1150. The van der Waals surface area contributed by atoms with Crippen LogP contribution in [0.4, 0.5) is 11.4 Å². The fourth-order valence-electron chi connectivity index (χ4n) is 3.44. The van der Waals surface area contributed by atoms with Gasteiger partial charge in [-0.3, -0.25) is 14.4 Å². The number of amides is 3. The van der Waals surface area contributed by atoms with E-state index in [1.54, 1.807) is 36.4 Å². The van der Waals surface area contributed by atoms with Crippen LogP contribution in [0.3, 0.4) is 0 Å². The summed E-state index contributed by atoms with van der Waals surface area (Å²) in [6.45, 7) is 1.96. The Labute approximate surface area is 195 Å². The van der Waals surface area contributed by atoms with Gasteiger partial charge >= 0.3 is 0 Å². The van der Waals surface area contributed by atoms with Crippen LogP contribution in [0.15, 0.2) is 77.7 Å². The van der Waals surface area contributed by atoms with E-state index in [1.807, 2.05) is 43.3 Å². The van der Waals surface area contributed by atoms with Crippen molar-refractivity contribution >= 4 is 52.5 Å². The van der Waals surface area contributed by atoms with Crippen molar-refractivity contribution in [3.8, 4) is 0 Å². The molecule has 0 radical (unpaired) electrons. The number of halogens is 1. The summed E-state index contributed by atoms with van der Waals surface area (Å²) in [6, 6.07) is 21.8. The number of thioether (sulfide) groups is 1. The van der Waals surface area contributed by atoms with E-state index in [-0.39, 0.29) is 30.6 Å². The molecule has 0 spiro atoms. The standard InChI is InChI=1S/C25H21ClN2O3S/c1-16-2-10-20(11-3-16)28-24(30)15-22(25(28)31)32-21-12-8-19(9-13-21)27-23(29)14-17-4-6-18(26)7-5-17/h2-13,22H,14-15H2,1H3,(H,27,29). The molecule has 7 heteroatoms. The molecule has 0 aromatic heterocycles. The molecule has 3 aromatic rings. The van der Waals surface area contributed by atoms with Crippen LogP contribution < -0.4 is 10.2 Å². The molecule has 1 unspecified atom stereocenters. The maximum atomic E-state index is 12.8. The maximum Gasteiger partial charge on any atom is 0.247 e. The molecule has 1 heterocycles. The van der Waals surface area contributed by atoms with Crippen LogP contribution in [0, 0.1) is 6.92 Å². The smallest absolute Gasteiger partial charge is 0.247 e. The summed E-state index contributed by atoms with van der Waals surface area (Å²) < 4.78 is 0. The summed E-state index contributed by atoms with van der Waals surface area (Å²) in [7, 11) is 0. The minimum absolute atomic E-state index is 0.127. The van der Waals surface area contributed by atoms with Crippen LogP contribution in [0.2, 0.25) is 5.02 Å². The fraction of sp³-hybridized carbons (Fsp3) is 0.160. The fourth-order valence-corrected chi connectivity index (χ4v) is 4.62. The van der Waals surface area contributed by atoms with Crippen LogP contribution in [0.25, 0.3) is 0 Å². The average molecular weight is 465 g/mol. The first-order valence-corrected chi connectivity index (χ1v) is 11.4. The van der Waals surface area contributed by atoms with Gasteiger partial charge < -0.3 is 5.32 Å². The zero-order valence-electron chi connectivity index (χ0n) is 17.4. The van der Waals surface area contributed by atoms with Crippen LogP contribution in [-0.2, 0) is 20.8 Å². The summed E-state index contributed by atoms with van der Waals surface area (Å²) >= 11 is 7.23. The maximum absolute atomic E-state index is 12.8. The van der Waals surface area contributed by atoms with Gasteiger partial charge in [0.15, 0.2) is 0 Å². The van der Waals surface area contributed by atoms with Crippen molar-refractivity contribution in [3.63, 3.8) is 0 Å². The number of nitrogens with zero attached hydrogens (tertiary/aromatic N) is 1. The quantitative estimate of drug-likeness (QED) is 0.506. The van der Waals surface area contributed by atoms with Crippen molar-refractivity contribution < 1.29 is 14.4 Å². The SMILES string of the molecule is Cc1ccc(N2C(=O)CC(Sc3ccc(NC(=O)Cc4ccc(Cl)cc4)cc3)C2=O)cc1. The van der Waals surface area contributed by atoms with Gasteiger partial charge in [-0.2, -0.15) is 0 Å². The van der Waals surface area contributed by atoms with Gasteiger partial charge in [-0.15, -0.1) is 11.8 Å². The molecule has 1 N–H and O–H groups in total. The van der Waals surface area contributed by atoms with Crippen molar-refractivity contribution in [2.24, 2.45) is 0 Å². The number of aryl methyl sites for hydroxylation is 1. The van der Waals surface area contributed by atoms with Crippen LogP contribution in [-0.4, -0.2) is 23.0 Å². The molecule has 1 saturated heterocycles. The van der Waals surface area contributed by atoms with E-state index in [2.05, 4.69) is 5.32 Å². The minimum Gasteiger partial charge on any atom is -0.326 e. The van der Waals surface area contributed by atoms with Crippen molar-refractivity contribution in [3.05, 3.63) is 88.9 Å². The van der Waals surface area contributed by atoms with Gasteiger partial charge in [-0.25, -0.2) is 4.90 Å². The third-order valence-corrected chi connectivity index (χ3v) is 6.54. The summed E-state index contributed by atoms with van der Waals surface area (Å²) in [4.78, 5) is 39.7. The molecule has 1 aliphatic rings. The Morgan fingerprint density at radius 2 is 1.66 bits per heavy atom. The molecule has 3 aromatic carbocycles. The second-order valence-corrected chi connectivity index (χ2v) is 9.30. The monoisotopic (exact) mass is 464 g/mol. The van der Waals surface area contributed by atoms with Crippen LogP contribution >= 0.6 is 23.4 Å². The summed E-state index contributed by atoms with van der Waals surface area (Å²) in [5.41, 5.74) is 3.22. The lowest BCUT2D eigenvalue weighted by molar-refractivity contribution is -0.121. The Hall–Kier alpha value is -3.09. The van der Waals surface area contributed by atoms with E-state index < -0.39 is 5.25 Å². The zero-order valence-corrected chi connectivity index (χ0v) is 19.0. The highest BCUT2D eigenvalue weighted by molar-refractivity contribution is 8.00. The number of rotatable bonds is 6. The number of nitrogens with one attached hydrogen (secondary N) is 1. The van der Waals surface area contributed by atoms with Crippen LogP contribution in [0.1, 0.15) is 17.5 Å². The van der Waals surface area contributed by atoms with Gasteiger partial charge in [0.05, 0.1) is 17.4 Å². The second-order valence-electron chi connectivity index (χ2n) is 7.59. The second kappa shape index (κ2) is 9.59. The normalized spacial score (nSPS) is 15.8. The molecule has 162 valence electrons. The van der Waals surface area contributed by atoms with Gasteiger partial charge in [0, 0.05) is 22.0 Å². The number of benzene rings is 3. The van der Waals surface area contributed by atoms with E-state index in [1.165, 1.54) is 16.7 Å². The van der Waals surface area contributed by atoms with Gasteiger partial charge in [-0.05, 0) is 61.0 Å². The molecule has 3 amide bonds. The van der Waals surface area contributed by atoms with Gasteiger partial charge in [0.25, 0.3) is 0 Å². The van der Waals surface area contributed by atoms with Crippen molar-refractivity contribution in [1.29, 1.82) is 0 Å². The number of hydrogen-bond donors (Lipinski definition) is 1. The third-order valence-electron chi connectivity index (χ3n) is 5.09. The molecular weight excluding hydrogens is 444 g/mol. The predicted molar refractivity (Wildman–Crippen MR) is 128 cm³/mol. The van der Waals surface area contributed by atoms with E-state index in [4.69, 9.17) is 11.6 Å². The van der Waals surface area contributed by atoms with E-state index >= 15 is 0 Å². The first-order valence-electron chi connectivity index (χ1n) is 10.1. The summed E-state index contributed by atoms with van der Waals surface area (Å²) in [5.74, 6) is -0.523. The number of anilines is 2. The van der Waals surface area contributed by atoms with Crippen molar-refractivity contribution in [1.82, 2.24) is 0 Å². The molecule has 0 aliphatic carbocycles. The lowest BCUT2D eigenvalue weighted by Gasteiger charge is -2.15. The first-order chi connectivity index (χ1) is 15.4. The average Bonchev–Trinajstić information content (AvgIpc) is 3.05. The minimum atomic E-state index is -0.464. The van der Waals surface area contributed by atoms with E-state index in [0.29, 0.717) is 16.4 Å². The van der Waals surface area contributed by atoms with Crippen molar-refractivity contribution in [2.45, 2.75) is 29.9 Å². The number of hydrogen-bond acceptors (Lipinski definition) is 4. The van der Waals surface area contributed by atoms with Gasteiger partial charge in [0.1, 0.15) is 0 Å². The molecular formula is C25H21ClN2O3S. The van der Waals surface area contributed by atoms with Gasteiger partial charge in [-0.1, -0.05) is 41.4 Å². The first kappa shape index (κ1) is 22.1. The number of carbonyl (C=O) groups is 3. The topological polar surface area (TPSA) is 66.5 Å². The number of imide groups is 1. The lowest BCUT2D eigenvalue weighted by atomic mass is 10.1. The molecule has 32 heavy (non-hydrogen) atoms.